The zero-order valence-electron chi connectivity index (χ0n) is 8.49. The third-order valence-electron chi connectivity index (χ3n) is 2.79. The quantitative estimate of drug-likeness (QED) is 0.888. The van der Waals surface area contributed by atoms with Gasteiger partial charge in [0.2, 0.25) is 0 Å². The second-order valence-corrected chi connectivity index (χ2v) is 4.65. The van der Waals surface area contributed by atoms with Crippen LogP contribution in [0.2, 0.25) is 10.0 Å². The normalized spacial score (nSPS) is 20.1. The van der Waals surface area contributed by atoms with Gasteiger partial charge in [-0.1, -0.05) is 29.3 Å². The largest absolute Gasteiger partial charge is 0.481 e. The smallest absolute Gasteiger partial charge is 0.308 e. The van der Waals surface area contributed by atoms with Gasteiger partial charge in [0, 0.05) is 13.1 Å². The lowest BCUT2D eigenvalue weighted by Crippen LogP contribution is -2.23. The van der Waals surface area contributed by atoms with Crippen LogP contribution in [0.4, 0.5) is 5.69 Å². The van der Waals surface area contributed by atoms with Crippen molar-refractivity contribution in [2.24, 2.45) is 5.92 Å². The lowest BCUT2D eigenvalue weighted by molar-refractivity contribution is -0.140. The van der Waals surface area contributed by atoms with Crippen molar-refractivity contribution in [3.63, 3.8) is 0 Å². The molecule has 1 aromatic rings. The highest BCUT2D eigenvalue weighted by Gasteiger charge is 2.29. The SMILES string of the molecule is O=C(O)C1CCN(c2c(Cl)cccc2Cl)C1. The van der Waals surface area contributed by atoms with Crippen LogP contribution < -0.4 is 4.90 Å². The zero-order chi connectivity index (χ0) is 11.7. The summed E-state index contributed by atoms with van der Waals surface area (Å²) in [6.45, 7) is 1.15. The molecule has 2 rings (SSSR count). The van der Waals surface area contributed by atoms with Gasteiger partial charge in [-0.05, 0) is 18.6 Å². The van der Waals surface area contributed by atoms with Crippen LogP contribution in [0.3, 0.4) is 0 Å². The average Bonchev–Trinajstić information content (AvgIpc) is 2.66. The van der Waals surface area contributed by atoms with E-state index >= 15 is 0 Å². The maximum atomic E-state index is 10.9. The highest BCUT2D eigenvalue weighted by Crippen LogP contribution is 2.36. The van der Waals surface area contributed by atoms with E-state index in [9.17, 15) is 4.79 Å². The van der Waals surface area contributed by atoms with Gasteiger partial charge in [-0.25, -0.2) is 0 Å². The molecule has 0 aliphatic carbocycles. The van der Waals surface area contributed by atoms with Gasteiger partial charge in [-0.3, -0.25) is 4.79 Å². The first kappa shape index (κ1) is 11.6. The number of aliphatic carboxylic acids is 1. The van der Waals surface area contributed by atoms with Gasteiger partial charge in [0.25, 0.3) is 0 Å². The molecule has 1 aromatic carbocycles. The summed E-state index contributed by atoms with van der Waals surface area (Å²) >= 11 is 12.1. The van der Waals surface area contributed by atoms with Crippen LogP contribution >= 0.6 is 23.2 Å². The standard InChI is InChI=1S/C11H11Cl2NO2/c12-8-2-1-3-9(13)10(8)14-5-4-7(6-14)11(15)16/h1-3,7H,4-6H2,(H,15,16). The zero-order valence-corrected chi connectivity index (χ0v) is 10.0. The Balaban J connectivity index is 2.24. The molecular formula is C11H11Cl2NO2. The summed E-state index contributed by atoms with van der Waals surface area (Å²) in [5.41, 5.74) is 0.745. The van der Waals surface area contributed by atoms with Crippen LogP contribution in [0.1, 0.15) is 6.42 Å². The minimum atomic E-state index is -0.759. The Labute approximate surface area is 104 Å². The summed E-state index contributed by atoms with van der Waals surface area (Å²) in [4.78, 5) is 12.8. The molecule has 0 bridgehead atoms. The number of benzene rings is 1. The van der Waals surface area contributed by atoms with Crippen LogP contribution in [0.15, 0.2) is 18.2 Å². The molecule has 1 aliphatic heterocycles. The highest BCUT2D eigenvalue weighted by atomic mass is 35.5. The van der Waals surface area contributed by atoms with Crippen molar-refractivity contribution in [2.45, 2.75) is 6.42 Å². The molecule has 0 radical (unpaired) electrons. The highest BCUT2D eigenvalue weighted by molar-refractivity contribution is 6.39. The van der Waals surface area contributed by atoms with Gasteiger partial charge in [-0.15, -0.1) is 0 Å². The fraction of sp³-hybridized carbons (Fsp3) is 0.364. The van der Waals surface area contributed by atoms with Gasteiger partial charge in [0.05, 0.1) is 21.7 Å². The third-order valence-corrected chi connectivity index (χ3v) is 3.40. The van der Waals surface area contributed by atoms with Crippen LogP contribution in [-0.4, -0.2) is 24.2 Å². The number of carboxylic acids is 1. The van der Waals surface area contributed by atoms with E-state index in [4.69, 9.17) is 28.3 Å². The van der Waals surface area contributed by atoms with Crippen molar-refractivity contribution in [3.8, 4) is 0 Å². The van der Waals surface area contributed by atoms with Crippen molar-refractivity contribution < 1.29 is 9.90 Å². The molecule has 0 amide bonds. The molecule has 1 fully saturated rings. The Hall–Kier alpha value is -0.930. The summed E-state index contributed by atoms with van der Waals surface area (Å²) in [5.74, 6) is -1.09. The number of hydrogen-bond acceptors (Lipinski definition) is 2. The van der Waals surface area contributed by atoms with E-state index in [1.54, 1.807) is 18.2 Å². The number of para-hydroxylation sites is 1. The van der Waals surface area contributed by atoms with Crippen molar-refractivity contribution in [3.05, 3.63) is 28.2 Å². The monoisotopic (exact) mass is 259 g/mol. The predicted octanol–water partition coefficient (Wildman–Crippen LogP) is 2.90. The van der Waals surface area contributed by atoms with E-state index in [2.05, 4.69) is 0 Å². The van der Waals surface area contributed by atoms with E-state index in [1.807, 2.05) is 4.90 Å². The van der Waals surface area contributed by atoms with E-state index in [0.717, 1.165) is 5.69 Å². The van der Waals surface area contributed by atoms with Crippen molar-refractivity contribution in [1.82, 2.24) is 0 Å². The molecule has 1 heterocycles. The number of carbonyl (C=O) groups is 1. The van der Waals surface area contributed by atoms with Gasteiger partial charge < -0.3 is 10.0 Å². The van der Waals surface area contributed by atoms with Crippen LogP contribution in [0.25, 0.3) is 0 Å². The number of hydrogen-bond donors (Lipinski definition) is 1. The Bertz CT molecular complexity index is 402. The number of rotatable bonds is 2. The van der Waals surface area contributed by atoms with Gasteiger partial charge in [-0.2, -0.15) is 0 Å². The Morgan fingerprint density at radius 3 is 2.50 bits per heavy atom. The first-order valence-corrected chi connectivity index (χ1v) is 5.77. The van der Waals surface area contributed by atoms with Crippen molar-refractivity contribution in [1.29, 1.82) is 0 Å². The van der Waals surface area contributed by atoms with E-state index in [-0.39, 0.29) is 5.92 Å². The van der Waals surface area contributed by atoms with Crippen LogP contribution in [0.5, 0.6) is 0 Å². The molecule has 1 unspecified atom stereocenters. The molecule has 0 saturated carbocycles. The lowest BCUT2D eigenvalue weighted by Gasteiger charge is -2.20. The second kappa shape index (κ2) is 4.52. The number of halogens is 2. The van der Waals surface area contributed by atoms with E-state index in [0.29, 0.717) is 29.6 Å². The topological polar surface area (TPSA) is 40.5 Å². The molecule has 1 N–H and O–H groups in total. The fourth-order valence-electron chi connectivity index (χ4n) is 1.96. The van der Waals surface area contributed by atoms with Crippen molar-refractivity contribution in [2.75, 3.05) is 18.0 Å². The fourth-order valence-corrected chi connectivity index (χ4v) is 2.59. The van der Waals surface area contributed by atoms with Crippen molar-refractivity contribution >= 4 is 34.9 Å². The van der Waals surface area contributed by atoms with E-state index < -0.39 is 5.97 Å². The minimum absolute atomic E-state index is 0.327. The van der Waals surface area contributed by atoms with Gasteiger partial charge >= 0.3 is 5.97 Å². The lowest BCUT2D eigenvalue weighted by atomic mass is 10.1. The molecule has 3 nitrogen and oxygen atoms in total. The Morgan fingerprint density at radius 1 is 1.38 bits per heavy atom. The van der Waals surface area contributed by atoms with Crippen LogP contribution in [-0.2, 0) is 4.79 Å². The summed E-state index contributed by atoms with van der Waals surface area (Å²) < 4.78 is 0. The molecule has 1 atom stereocenters. The first-order valence-electron chi connectivity index (χ1n) is 5.01. The predicted molar refractivity (Wildman–Crippen MR) is 64.4 cm³/mol. The van der Waals surface area contributed by atoms with Gasteiger partial charge in [0.15, 0.2) is 0 Å². The molecule has 86 valence electrons. The second-order valence-electron chi connectivity index (χ2n) is 3.84. The summed E-state index contributed by atoms with van der Waals surface area (Å²) in [5, 5.41) is 10.1. The molecule has 1 saturated heterocycles. The Kier molecular flexibility index (Phi) is 3.26. The summed E-state index contributed by atoms with van der Waals surface area (Å²) in [6.07, 6.45) is 0.636. The number of carboxylic acid groups (broad SMARTS) is 1. The molecular weight excluding hydrogens is 249 g/mol. The molecule has 16 heavy (non-hydrogen) atoms. The summed E-state index contributed by atoms with van der Waals surface area (Å²) in [6, 6.07) is 5.30. The maximum absolute atomic E-state index is 10.9. The molecule has 0 aromatic heterocycles. The maximum Gasteiger partial charge on any atom is 0.308 e. The first-order chi connectivity index (χ1) is 7.59. The third kappa shape index (κ3) is 2.11. The number of nitrogens with zero attached hydrogens (tertiary/aromatic N) is 1. The molecule has 0 spiro atoms. The molecule has 1 aliphatic rings. The van der Waals surface area contributed by atoms with E-state index in [1.165, 1.54) is 0 Å². The summed E-state index contributed by atoms with van der Waals surface area (Å²) in [7, 11) is 0. The molecule has 5 heteroatoms. The Morgan fingerprint density at radius 2 is 2.00 bits per heavy atom. The van der Waals surface area contributed by atoms with Crippen LogP contribution in [0, 0.1) is 5.92 Å². The average molecular weight is 260 g/mol. The number of anilines is 1. The minimum Gasteiger partial charge on any atom is -0.481 e. The van der Waals surface area contributed by atoms with Gasteiger partial charge in [0.1, 0.15) is 0 Å².